The van der Waals surface area contributed by atoms with Gasteiger partial charge in [-0.2, -0.15) is 0 Å². The standard InChI is InChI=1S/C29H26N2O6/c1-19(32)37-23-14-12-21(13-15-23)20-8-10-22(11-9-20)27(34)36-18-26(33)31-25-7-3-2-6-24(25)30-28(35)29(31)16-4-5-17-29/h2-3,6-15H,4-5,16-18H2,1H3,(H,30,35). The molecule has 1 spiro atoms. The van der Waals surface area contributed by atoms with Gasteiger partial charge in [0.15, 0.2) is 6.61 Å². The van der Waals surface area contributed by atoms with Crippen LogP contribution < -0.4 is 15.0 Å². The van der Waals surface area contributed by atoms with E-state index in [0.717, 1.165) is 24.0 Å². The number of carbonyl (C=O) groups excluding carboxylic acids is 4. The first kappa shape index (κ1) is 24.2. The molecule has 0 radical (unpaired) electrons. The summed E-state index contributed by atoms with van der Waals surface area (Å²) in [4.78, 5) is 51.8. The van der Waals surface area contributed by atoms with Gasteiger partial charge in [-0.05, 0) is 60.4 Å². The van der Waals surface area contributed by atoms with Crippen molar-refractivity contribution in [3.8, 4) is 16.9 Å². The summed E-state index contributed by atoms with van der Waals surface area (Å²) in [5.74, 6) is -1.18. The molecule has 1 heterocycles. The lowest BCUT2D eigenvalue weighted by atomic mass is 9.90. The fourth-order valence-corrected chi connectivity index (χ4v) is 5.08. The van der Waals surface area contributed by atoms with E-state index < -0.39 is 24.0 Å². The molecule has 0 bridgehead atoms. The average Bonchev–Trinajstić information content (AvgIpc) is 3.38. The maximum atomic E-state index is 13.4. The number of anilines is 2. The van der Waals surface area contributed by atoms with Crippen LogP contribution in [-0.4, -0.2) is 35.9 Å². The van der Waals surface area contributed by atoms with E-state index in [-0.39, 0.29) is 11.9 Å². The number of nitrogens with one attached hydrogen (secondary N) is 1. The van der Waals surface area contributed by atoms with Crippen molar-refractivity contribution in [2.24, 2.45) is 0 Å². The number of ether oxygens (including phenoxy) is 2. The molecule has 1 N–H and O–H groups in total. The van der Waals surface area contributed by atoms with Crippen molar-refractivity contribution in [1.29, 1.82) is 0 Å². The third-order valence-corrected chi connectivity index (χ3v) is 6.82. The quantitative estimate of drug-likeness (QED) is 0.403. The second kappa shape index (κ2) is 9.89. The molecule has 2 aliphatic rings. The minimum atomic E-state index is -0.954. The van der Waals surface area contributed by atoms with E-state index in [0.29, 0.717) is 35.5 Å². The molecule has 1 aliphatic carbocycles. The van der Waals surface area contributed by atoms with Crippen LogP contribution in [0.3, 0.4) is 0 Å². The van der Waals surface area contributed by atoms with Crippen LogP contribution in [0.5, 0.6) is 5.75 Å². The molecule has 0 unspecified atom stereocenters. The first-order chi connectivity index (χ1) is 17.9. The molecule has 0 aromatic heterocycles. The van der Waals surface area contributed by atoms with Gasteiger partial charge >= 0.3 is 11.9 Å². The van der Waals surface area contributed by atoms with Crippen LogP contribution in [-0.2, 0) is 19.1 Å². The lowest BCUT2D eigenvalue weighted by molar-refractivity contribution is -0.131. The SMILES string of the molecule is CC(=O)Oc1ccc(-c2ccc(C(=O)OCC(=O)N3c4ccccc4NC(=O)C34CCCC4)cc2)cc1. The van der Waals surface area contributed by atoms with Crippen molar-refractivity contribution in [2.75, 3.05) is 16.8 Å². The number of amides is 2. The zero-order valence-corrected chi connectivity index (χ0v) is 20.4. The Morgan fingerprint density at radius 2 is 1.51 bits per heavy atom. The Kier molecular flexibility index (Phi) is 6.48. The van der Waals surface area contributed by atoms with E-state index in [1.807, 2.05) is 18.2 Å². The maximum absolute atomic E-state index is 13.4. The fourth-order valence-electron chi connectivity index (χ4n) is 5.08. The number of hydrogen-bond acceptors (Lipinski definition) is 6. The van der Waals surface area contributed by atoms with Crippen LogP contribution >= 0.6 is 0 Å². The number of benzene rings is 3. The Labute approximate surface area is 214 Å². The second-order valence-corrected chi connectivity index (χ2v) is 9.21. The predicted octanol–water partition coefficient (Wildman–Crippen LogP) is 4.73. The summed E-state index contributed by atoms with van der Waals surface area (Å²) < 4.78 is 10.4. The van der Waals surface area contributed by atoms with Gasteiger partial charge in [0.05, 0.1) is 16.9 Å². The number of rotatable bonds is 5. The summed E-state index contributed by atoms with van der Waals surface area (Å²) in [6.07, 6.45) is 2.82. The van der Waals surface area contributed by atoms with Gasteiger partial charge in [-0.1, -0.05) is 49.2 Å². The van der Waals surface area contributed by atoms with Crippen molar-refractivity contribution in [2.45, 2.75) is 38.1 Å². The van der Waals surface area contributed by atoms with E-state index in [4.69, 9.17) is 9.47 Å². The molecule has 188 valence electrons. The average molecular weight is 499 g/mol. The number of hydrogen-bond donors (Lipinski definition) is 1. The smallest absolute Gasteiger partial charge is 0.338 e. The van der Waals surface area contributed by atoms with Crippen molar-refractivity contribution >= 4 is 35.1 Å². The lowest BCUT2D eigenvalue weighted by Crippen LogP contribution is -2.61. The molecular weight excluding hydrogens is 472 g/mol. The van der Waals surface area contributed by atoms with Crippen molar-refractivity contribution in [3.05, 3.63) is 78.4 Å². The van der Waals surface area contributed by atoms with Crippen LogP contribution in [0.15, 0.2) is 72.8 Å². The molecule has 2 amide bonds. The Bertz CT molecular complexity index is 1360. The van der Waals surface area contributed by atoms with Gasteiger partial charge < -0.3 is 14.8 Å². The molecule has 1 aliphatic heterocycles. The van der Waals surface area contributed by atoms with E-state index in [1.54, 1.807) is 54.6 Å². The topological polar surface area (TPSA) is 102 Å². The van der Waals surface area contributed by atoms with Crippen LogP contribution in [0.2, 0.25) is 0 Å². The first-order valence-electron chi connectivity index (χ1n) is 12.2. The first-order valence-corrected chi connectivity index (χ1v) is 12.2. The van der Waals surface area contributed by atoms with E-state index in [2.05, 4.69) is 5.32 Å². The largest absolute Gasteiger partial charge is 0.452 e. The van der Waals surface area contributed by atoms with Crippen molar-refractivity contribution < 1.29 is 28.7 Å². The Morgan fingerprint density at radius 3 is 2.16 bits per heavy atom. The molecule has 8 nitrogen and oxygen atoms in total. The monoisotopic (exact) mass is 498 g/mol. The summed E-state index contributed by atoms with van der Waals surface area (Å²) in [7, 11) is 0. The Hall–Kier alpha value is -4.46. The zero-order chi connectivity index (χ0) is 26.0. The molecule has 8 heteroatoms. The number of fused-ring (bicyclic) bond motifs is 1. The zero-order valence-electron chi connectivity index (χ0n) is 20.4. The van der Waals surface area contributed by atoms with Gasteiger partial charge in [0.1, 0.15) is 11.3 Å². The third kappa shape index (κ3) is 4.70. The van der Waals surface area contributed by atoms with Gasteiger partial charge in [-0.3, -0.25) is 19.3 Å². The third-order valence-electron chi connectivity index (χ3n) is 6.82. The predicted molar refractivity (Wildman–Crippen MR) is 137 cm³/mol. The number of esters is 2. The highest BCUT2D eigenvalue weighted by Crippen LogP contribution is 2.45. The van der Waals surface area contributed by atoms with Crippen LogP contribution in [0, 0.1) is 0 Å². The van der Waals surface area contributed by atoms with E-state index >= 15 is 0 Å². The molecule has 0 atom stereocenters. The number of carbonyl (C=O) groups is 4. The fraction of sp³-hybridized carbons (Fsp3) is 0.241. The Balaban J connectivity index is 1.28. The van der Waals surface area contributed by atoms with Gasteiger partial charge in [-0.15, -0.1) is 0 Å². The van der Waals surface area contributed by atoms with Gasteiger partial charge in [-0.25, -0.2) is 4.79 Å². The van der Waals surface area contributed by atoms with Crippen molar-refractivity contribution in [1.82, 2.24) is 0 Å². The highest BCUT2D eigenvalue weighted by atomic mass is 16.5. The molecule has 3 aromatic carbocycles. The molecule has 0 saturated heterocycles. The highest BCUT2D eigenvalue weighted by molar-refractivity contribution is 6.15. The van der Waals surface area contributed by atoms with Crippen LogP contribution in [0.25, 0.3) is 11.1 Å². The number of para-hydroxylation sites is 2. The lowest BCUT2D eigenvalue weighted by Gasteiger charge is -2.44. The number of nitrogens with zero attached hydrogens (tertiary/aromatic N) is 1. The molecule has 1 saturated carbocycles. The van der Waals surface area contributed by atoms with E-state index in [1.165, 1.54) is 11.8 Å². The van der Waals surface area contributed by atoms with Crippen LogP contribution in [0.1, 0.15) is 43.0 Å². The normalized spacial score (nSPS) is 15.6. The summed E-state index contributed by atoms with van der Waals surface area (Å²) in [5.41, 5.74) is 2.29. The minimum Gasteiger partial charge on any atom is -0.452 e. The molecule has 5 rings (SSSR count). The van der Waals surface area contributed by atoms with Crippen LogP contribution in [0.4, 0.5) is 11.4 Å². The Morgan fingerprint density at radius 1 is 0.892 bits per heavy atom. The van der Waals surface area contributed by atoms with Gasteiger partial charge in [0.2, 0.25) is 0 Å². The van der Waals surface area contributed by atoms with Crippen molar-refractivity contribution in [3.63, 3.8) is 0 Å². The summed E-state index contributed by atoms with van der Waals surface area (Å²) >= 11 is 0. The molecule has 3 aromatic rings. The highest BCUT2D eigenvalue weighted by Gasteiger charge is 2.52. The maximum Gasteiger partial charge on any atom is 0.338 e. The van der Waals surface area contributed by atoms with E-state index in [9.17, 15) is 19.2 Å². The van der Waals surface area contributed by atoms with Gasteiger partial charge in [0, 0.05) is 6.92 Å². The summed E-state index contributed by atoms with van der Waals surface area (Å²) in [5, 5.41) is 2.94. The molecular formula is C29H26N2O6. The summed E-state index contributed by atoms with van der Waals surface area (Å²) in [6, 6.07) is 21.0. The second-order valence-electron chi connectivity index (χ2n) is 9.21. The summed E-state index contributed by atoms with van der Waals surface area (Å²) in [6.45, 7) is 0.871. The molecule has 1 fully saturated rings. The van der Waals surface area contributed by atoms with Gasteiger partial charge in [0.25, 0.3) is 11.8 Å². The minimum absolute atomic E-state index is 0.195. The molecule has 37 heavy (non-hydrogen) atoms.